The summed E-state index contributed by atoms with van der Waals surface area (Å²) in [4.78, 5) is 1.41. The molecule has 0 saturated carbocycles. The number of methoxy groups -OCH3 is 1. The Kier molecular flexibility index (Phi) is 6.25. The van der Waals surface area contributed by atoms with Crippen LogP contribution in [0.3, 0.4) is 0 Å². The molecule has 0 heterocycles. The molecule has 7 heteroatoms. The number of benzene rings is 1. The molecule has 1 aromatic carbocycles. The van der Waals surface area contributed by atoms with Gasteiger partial charge in [0, 0.05) is 25.9 Å². The highest BCUT2D eigenvalue weighted by Gasteiger charge is 2.35. The van der Waals surface area contributed by atoms with Gasteiger partial charge in [-0.15, -0.1) is 0 Å². The number of ether oxygens (including phenoxy) is 1. The number of halogens is 3. The van der Waals surface area contributed by atoms with Crippen molar-refractivity contribution in [3.8, 4) is 0 Å². The number of hydrogen-bond donors (Lipinski definition) is 2. The van der Waals surface area contributed by atoms with Crippen molar-refractivity contribution in [1.29, 1.82) is 0 Å². The highest BCUT2D eigenvalue weighted by molar-refractivity contribution is 5.56. The topological polar surface area (TPSA) is 52.9 Å². The summed E-state index contributed by atoms with van der Waals surface area (Å²) in [7, 11) is 1.46. The number of alkyl halides is 3. The summed E-state index contributed by atoms with van der Waals surface area (Å²) in [5.41, 5.74) is -0.661. The summed E-state index contributed by atoms with van der Waals surface area (Å²) in [6.07, 6.45) is -4.53. The SMILES string of the molecule is COCCN(CCO)c1ccc(CO)cc1C(F)(F)F. The van der Waals surface area contributed by atoms with Crippen molar-refractivity contribution in [1.82, 2.24) is 0 Å². The van der Waals surface area contributed by atoms with Crippen LogP contribution in [0, 0.1) is 0 Å². The molecule has 0 unspecified atom stereocenters. The second kappa shape index (κ2) is 7.47. The molecule has 20 heavy (non-hydrogen) atoms. The molecule has 114 valence electrons. The standard InChI is InChI=1S/C13H18F3NO3/c1-20-7-5-17(4-6-18)12-3-2-10(9-19)8-11(12)13(14,15)16/h2-3,8,18-19H,4-7,9H2,1H3. The van der Waals surface area contributed by atoms with Crippen molar-refractivity contribution >= 4 is 5.69 Å². The van der Waals surface area contributed by atoms with Crippen molar-refractivity contribution in [3.63, 3.8) is 0 Å². The average molecular weight is 293 g/mol. The van der Waals surface area contributed by atoms with Crippen LogP contribution in [0.15, 0.2) is 18.2 Å². The molecule has 1 aromatic rings. The molecule has 0 bridgehead atoms. The Labute approximate surface area is 115 Å². The van der Waals surface area contributed by atoms with Crippen LogP contribution < -0.4 is 4.90 Å². The van der Waals surface area contributed by atoms with Crippen molar-refractivity contribution in [3.05, 3.63) is 29.3 Å². The molecule has 0 aromatic heterocycles. The molecule has 2 N–H and O–H groups in total. The van der Waals surface area contributed by atoms with Gasteiger partial charge in [0.25, 0.3) is 0 Å². The molecule has 0 fully saturated rings. The third kappa shape index (κ3) is 4.36. The zero-order valence-corrected chi connectivity index (χ0v) is 11.2. The van der Waals surface area contributed by atoms with E-state index in [1.165, 1.54) is 24.1 Å². The molecule has 0 amide bonds. The van der Waals surface area contributed by atoms with Gasteiger partial charge in [0.05, 0.1) is 25.4 Å². The van der Waals surface area contributed by atoms with Gasteiger partial charge in [0.15, 0.2) is 0 Å². The average Bonchev–Trinajstić information content (AvgIpc) is 2.42. The molecule has 0 saturated heterocycles. The molecule has 0 aliphatic heterocycles. The van der Waals surface area contributed by atoms with Gasteiger partial charge in [0.2, 0.25) is 0 Å². The summed E-state index contributed by atoms with van der Waals surface area (Å²) < 4.78 is 44.1. The highest BCUT2D eigenvalue weighted by Crippen LogP contribution is 2.37. The molecule has 0 atom stereocenters. The Hall–Kier alpha value is -1.31. The minimum absolute atomic E-state index is 0.0270. The molecular formula is C13H18F3NO3. The molecule has 0 spiro atoms. The Morgan fingerprint density at radius 1 is 1.20 bits per heavy atom. The predicted octanol–water partition coefficient (Wildman–Crippen LogP) is 1.64. The largest absolute Gasteiger partial charge is 0.418 e. The third-order valence-corrected chi connectivity index (χ3v) is 2.82. The minimum Gasteiger partial charge on any atom is -0.395 e. The number of hydrogen-bond acceptors (Lipinski definition) is 4. The minimum atomic E-state index is -4.53. The summed E-state index contributed by atoms with van der Waals surface area (Å²) in [6.45, 7) is -0.160. The lowest BCUT2D eigenvalue weighted by atomic mass is 10.1. The maximum atomic E-state index is 13.1. The van der Waals surface area contributed by atoms with Crippen molar-refractivity contribution < 1.29 is 28.1 Å². The summed E-state index contributed by atoms with van der Waals surface area (Å²) in [6, 6.07) is 3.66. The summed E-state index contributed by atoms with van der Waals surface area (Å²) >= 11 is 0. The maximum Gasteiger partial charge on any atom is 0.418 e. The first-order chi connectivity index (χ1) is 9.43. The highest BCUT2D eigenvalue weighted by atomic mass is 19.4. The summed E-state index contributed by atoms with van der Waals surface area (Å²) in [5, 5.41) is 17.9. The van der Waals surface area contributed by atoms with E-state index in [-0.39, 0.29) is 37.6 Å². The van der Waals surface area contributed by atoms with E-state index in [0.717, 1.165) is 6.07 Å². The van der Waals surface area contributed by atoms with Gasteiger partial charge in [0.1, 0.15) is 0 Å². The van der Waals surface area contributed by atoms with E-state index in [2.05, 4.69) is 0 Å². The normalized spacial score (nSPS) is 11.7. The molecule has 4 nitrogen and oxygen atoms in total. The fourth-order valence-corrected chi connectivity index (χ4v) is 1.86. The van der Waals surface area contributed by atoms with E-state index in [9.17, 15) is 13.2 Å². The van der Waals surface area contributed by atoms with Crippen LogP contribution >= 0.6 is 0 Å². The van der Waals surface area contributed by atoms with Crippen molar-refractivity contribution in [2.24, 2.45) is 0 Å². The van der Waals surface area contributed by atoms with E-state index in [4.69, 9.17) is 14.9 Å². The van der Waals surface area contributed by atoms with E-state index in [0.29, 0.717) is 0 Å². The maximum absolute atomic E-state index is 13.1. The van der Waals surface area contributed by atoms with Gasteiger partial charge in [-0.1, -0.05) is 6.07 Å². The van der Waals surface area contributed by atoms with E-state index >= 15 is 0 Å². The van der Waals surface area contributed by atoms with E-state index < -0.39 is 18.3 Å². The Bertz CT molecular complexity index is 424. The number of anilines is 1. The second-order valence-corrected chi connectivity index (χ2v) is 4.21. The van der Waals surface area contributed by atoms with Crippen LogP contribution in [-0.2, 0) is 17.5 Å². The van der Waals surface area contributed by atoms with Gasteiger partial charge in [-0.25, -0.2) is 0 Å². The zero-order valence-electron chi connectivity index (χ0n) is 11.2. The Balaban J connectivity index is 3.18. The lowest BCUT2D eigenvalue weighted by Crippen LogP contribution is -2.32. The number of nitrogens with zero attached hydrogens (tertiary/aromatic N) is 1. The molecule has 1 rings (SSSR count). The first-order valence-corrected chi connectivity index (χ1v) is 6.09. The second-order valence-electron chi connectivity index (χ2n) is 4.21. The first kappa shape index (κ1) is 16.7. The predicted molar refractivity (Wildman–Crippen MR) is 68.5 cm³/mol. The van der Waals surface area contributed by atoms with E-state index in [1.807, 2.05) is 0 Å². The van der Waals surface area contributed by atoms with Gasteiger partial charge in [-0.3, -0.25) is 0 Å². The van der Waals surface area contributed by atoms with Crippen LogP contribution in [0.25, 0.3) is 0 Å². The van der Waals surface area contributed by atoms with Crippen LogP contribution in [-0.4, -0.2) is 43.6 Å². The van der Waals surface area contributed by atoms with Crippen LogP contribution in [0.5, 0.6) is 0 Å². The Morgan fingerprint density at radius 2 is 1.90 bits per heavy atom. The van der Waals surface area contributed by atoms with Crippen LogP contribution in [0.1, 0.15) is 11.1 Å². The molecule has 0 aliphatic rings. The quantitative estimate of drug-likeness (QED) is 0.802. The van der Waals surface area contributed by atoms with Gasteiger partial charge in [-0.05, 0) is 17.7 Å². The monoisotopic (exact) mass is 293 g/mol. The third-order valence-electron chi connectivity index (χ3n) is 2.82. The molecular weight excluding hydrogens is 275 g/mol. The molecule has 0 aliphatic carbocycles. The lowest BCUT2D eigenvalue weighted by Gasteiger charge is -2.27. The smallest absolute Gasteiger partial charge is 0.395 e. The zero-order chi connectivity index (χ0) is 15.2. The number of rotatable bonds is 7. The number of aliphatic hydroxyl groups excluding tert-OH is 2. The fourth-order valence-electron chi connectivity index (χ4n) is 1.86. The lowest BCUT2D eigenvalue weighted by molar-refractivity contribution is -0.137. The van der Waals surface area contributed by atoms with Gasteiger partial charge < -0.3 is 19.8 Å². The van der Waals surface area contributed by atoms with Crippen molar-refractivity contribution in [2.45, 2.75) is 12.8 Å². The molecule has 0 radical (unpaired) electrons. The first-order valence-electron chi connectivity index (χ1n) is 6.09. The van der Waals surface area contributed by atoms with Gasteiger partial charge >= 0.3 is 6.18 Å². The van der Waals surface area contributed by atoms with E-state index in [1.54, 1.807) is 0 Å². The number of aliphatic hydroxyl groups is 2. The van der Waals surface area contributed by atoms with Crippen LogP contribution in [0.4, 0.5) is 18.9 Å². The van der Waals surface area contributed by atoms with Crippen molar-refractivity contribution in [2.75, 3.05) is 38.3 Å². The summed E-state index contributed by atoms with van der Waals surface area (Å²) in [5.74, 6) is 0. The Morgan fingerprint density at radius 3 is 2.40 bits per heavy atom. The van der Waals surface area contributed by atoms with Gasteiger partial charge in [-0.2, -0.15) is 13.2 Å². The van der Waals surface area contributed by atoms with Crippen LogP contribution in [0.2, 0.25) is 0 Å². The fraction of sp³-hybridized carbons (Fsp3) is 0.538.